The smallest absolute Gasteiger partial charge is 0.356 e. The minimum absolute atomic E-state index is 0.00211. The molecule has 0 radical (unpaired) electrons. The molecule has 1 aliphatic rings. The lowest BCUT2D eigenvalue weighted by Gasteiger charge is -2.26. The van der Waals surface area contributed by atoms with E-state index in [0.717, 1.165) is 25.7 Å². The van der Waals surface area contributed by atoms with Crippen LogP contribution in [0.25, 0.3) is 0 Å². The first-order chi connectivity index (χ1) is 10.0. The van der Waals surface area contributed by atoms with Crippen molar-refractivity contribution < 1.29 is 19.2 Å². The van der Waals surface area contributed by atoms with Crippen LogP contribution in [-0.4, -0.2) is 29.1 Å². The van der Waals surface area contributed by atoms with Gasteiger partial charge in [0.15, 0.2) is 5.69 Å². The van der Waals surface area contributed by atoms with Gasteiger partial charge in [0.25, 0.3) is 5.88 Å². The second-order valence-corrected chi connectivity index (χ2v) is 5.27. The number of carbonyl (C=O) groups excluding carboxylic acids is 1. The van der Waals surface area contributed by atoms with E-state index in [1.807, 2.05) is 0 Å². The van der Waals surface area contributed by atoms with E-state index in [4.69, 9.17) is 4.74 Å². The van der Waals surface area contributed by atoms with Crippen LogP contribution in [0.4, 0.5) is 5.69 Å². The van der Waals surface area contributed by atoms with Crippen LogP contribution in [0, 0.1) is 16.0 Å². The maximum Gasteiger partial charge on any atom is 0.356 e. The topological polar surface area (TPSA) is 91.6 Å². The van der Waals surface area contributed by atoms with Gasteiger partial charge >= 0.3 is 11.7 Å². The van der Waals surface area contributed by atoms with E-state index < -0.39 is 10.9 Å². The number of hydrogen-bond acceptors (Lipinski definition) is 6. The van der Waals surface area contributed by atoms with Crippen molar-refractivity contribution in [3.8, 4) is 5.88 Å². The molecule has 0 amide bonds. The number of esters is 1. The molecule has 0 bridgehead atoms. The van der Waals surface area contributed by atoms with Crippen molar-refractivity contribution in [2.24, 2.45) is 5.92 Å². The molecule has 21 heavy (non-hydrogen) atoms. The predicted molar refractivity (Wildman–Crippen MR) is 74.3 cm³/mol. The van der Waals surface area contributed by atoms with Crippen LogP contribution in [0.2, 0.25) is 0 Å². The number of aromatic nitrogens is 1. The fourth-order valence-corrected chi connectivity index (χ4v) is 2.38. The lowest BCUT2D eigenvalue weighted by atomic mass is 9.89. The van der Waals surface area contributed by atoms with Gasteiger partial charge in [0.2, 0.25) is 0 Å². The molecule has 0 aliphatic heterocycles. The Hall–Kier alpha value is -2.18. The van der Waals surface area contributed by atoms with Crippen LogP contribution in [0.15, 0.2) is 12.1 Å². The summed E-state index contributed by atoms with van der Waals surface area (Å²) in [6, 6.07) is 2.49. The van der Waals surface area contributed by atoms with E-state index in [1.54, 1.807) is 0 Å². The summed E-state index contributed by atoms with van der Waals surface area (Å²) in [5.74, 6) is -0.108. The molecule has 7 nitrogen and oxygen atoms in total. The number of pyridine rings is 1. The maximum absolute atomic E-state index is 11.5. The van der Waals surface area contributed by atoms with E-state index in [0.29, 0.717) is 5.92 Å². The Labute approximate surface area is 122 Å². The van der Waals surface area contributed by atoms with E-state index >= 15 is 0 Å². The highest BCUT2D eigenvalue weighted by molar-refractivity contribution is 5.87. The van der Waals surface area contributed by atoms with Gasteiger partial charge < -0.3 is 9.47 Å². The number of rotatable bonds is 4. The zero-order valence-electron chi connectivity index (χ0n) is 12.1. The van der Waals surface area contributed by atoms with E-state index in [-0.39, 0.29) is 23.4 Å². The van der Waals surface area contributed by atoms with Gasteiger partial charge in [0, 0.05) is 6.07 Å². The van der Waals surface area contributed by atoms with E-state index in [9.17, 15) is 14.9 Å². The second-order valence-electron chi connectivity index (χ2n) is 5.27. The standard InChI is InChI=1S/C14H18N2O5/c1-9-3-5-10(6-4-9)21-13-12(16(18)19)8-7-11(15-13)14(17)20-2/h7-10H,3-6H2,1-2H3. The monoisotopic (exact) mass is 294 g/mol. The van der Waals surface area contributed by atoms with Crippen molar-refractivity contribution >= 4 is 11.7 Å². The zero-order valence-corrected chi connectivity index (χ0v) is 12.1. The number of nitrogens with zero attached hydrogens (tertiary/aromatic N) is 2. The van der Waals surface area contributed by atoms with Gasteiger partial charge in [-0.25, -0.2) is 9.78 Å². The van der Waals surface area contributed by atoms with Crippen molar-refractivity contribution in [1.29, 1.82) is 0 Å². The summed E-state index contributed by atoms with van der Waals surface area (Å²) in [5.41, 5.74) is -0.233. The van der Waals surface area contributed by atoms with Gasteiger partial charge in [-0.2, -0.15) is 0 Å². The molecule has 0 spiro atoms. The molecule has 1 heterocycles. The quantitative estimate of drug-likeness (QED) is 0.481. The highest BCUT2D eigenvalue weighted by Gasteiger charge is 2.26. The van der Waals surface area contributed by atoms with Crippen LogP contribution in [0.3, 0.4) is 0 Å². The first-order valence-electron chi connectivity index (χ1n) is 6.91. The normalized spacial score (nSPS) is 21.6. The Kier molecular flexibility index (Phi) is 4.72. The average Bonchev–Trinajstić information content (AvgIpc) is 2.48. The molecule has 0 aromatic carbocycles. The van der Waals surface area contributed by atoms with Gasteiger partial charge in [0.05, 0.1) is 12.0 Å². The molecule has 1 aliphatic carbocycles. The Bertz CT molecular complexity index is 538. The highest BCUT2D eigenvalue weighted by atomic mass is 16.6. The Balaban J connectivity index is 2.22. The number of methoxy groups -OCH3 is 1. The lowest BCUT2D eigenvalue weighted by Crippen LogP contribution is -2.24. The summed E-state index contributed by atoms with van der Waals surface area (Å²) in [4.78, 5) is 25.9. The average molecular weight is 294 g/mol. The Morgan fingerprint density at radius 3 is 2.57 bits per heavy atom. The predicted octanol–water partition coefficient (Wildman–Crippen LogP) is 2.73. The molecular formula is C14H18N2O5. The Morgan fingerprint density at radius 2 is 2.00 bits per heavy atom. The summed E-state index contributed by atoms with van der Waals surface area (Å²) in [5, 5.41) is 11.0. The van der Waals surface area contributed by atoms with Crippen LogP contribution in [-0.2, 0) is 4.74 Å². The number of nitro groups is 1. The SMILES string of the molecule is COC(=O)c1ccc([N+](=O)[O-])c(OC2CCC(C)CC2)n1. The lowest BCUT2D eigenvalue weighted by molar-refractivity contribution is -0.386. The van der Waals surface area contributed by atoms with E-state index in [2.05, 4.69) is 16.6 Å². The molecule has 0 unspecified atom stereocenters. The number of carbonyl (C=O) groups is 1. The maximum atomic E-state index is 11.5. The second kappa shape index (κ2) is 6.51. The van der Waals surface area contributed by atoms with Crippen LogP contribution in [0.1, 0.15) is 43.1 Å². The van der Waals surface area contributed by atoms with Crippen molar-refractivity contribution in [2.45, 2.75) is 38.7 Å². The van der Waals surface area contributed by atoms with Gasteiger partial charge in [-0.15, -0.1) is 0 Å². The molecule has 1 aromatic rings. The van der Waals surface area contributed by atoms with Crippen LogP contribution in [0.5, 0.6) is 5.88 Å². The fourth-order valence-electron chi connectivity index (χ4n) is 2.38. The number of hydrogen-bond donors (Lipinski definition) is 0. The first kappa shape index (κ1) is 15.2. The van der Waals surface area contributed by atoms with Crippen LogP contribution >= 0.6 is 0 Å². The highest BCUT2D eigenvalue weighted by Crippen LogP contribution is 2.31. The van der Waals surface area contributed by atoms with Crippen molar-refractivity contribution in [2.75, 3.05) is 7.11 Å². The molecule has 1 aromatic heterocycles. The fraction of sp³-hybridized carbons (Fsp3) is 0.571. The third-order valence-corrected chi connectivity index (χ3v) is 3.67. The molecule has 0 N–H and O–H groups in total. The van der Waals surface area contributed by atoms with Gasteiger partial charge in [0.1, 0.15) is 6.10 Å². The van der Waals surface area contributed by atoms with Gasteiger partial charge in [-0.05, 0) is 37.7 Å². The summed E-state index contributed by atoms with van der Waals surface area (Å²) in [7, 11) is 1.23. The molecule has 0 atom stereocenters. The van der Waals surface area contributed by atoms with Gasteiger partial charge in [-0.3, -0.25) is 10.1 Å². The molecule has 2 rings (SSSR count). The van der Waals surface area contributed by atoms with Crippen molar-refractivity contribution in [3.63, 3.8) is 0 Å². The van der Waals surface area contributed by atoms with Gasteiger partial charge in [-0.1, -0.05) is 6.92 Å². The third kappa shape index (κ3) is 3.68. The first-order valence-corrected chi connectivity index (χ1v) is 6.91. The number of ether oxygens (including phenoxy) is 2. The van der Waals surface area contributed by atoms with Crippen LogP contribution < -0.4 is 4.74 Å². The summed E-state index contributed by atoms with van der Waals surface area (Å²) in [6.07, 6.45) is 3.62. The summed E-state index contributed by atoms with van der Waals surface area (Å²) < 4.78 is 10.2. The molecule has 114 valence electrons. The third-order valence-electron chi connectivity index (χ3n) is 3.67. The molecule has 1 fully saturated rings. The van der Waals surface area contributed by atoms with E-state index in [1.165, 1.54) is 19.2 Å². The summed E-state index contributed by atoms with van der Waals surface area (Å²) >= 11 is 0. The van der Waals surface area contributed by atoms with Crippen molar-refractivity contribution in [1.82, 2.24) is 4.98 Å². The molecule has 0 saturated heterocycles. The van der Waals surface area contributed by atoms with Crippen molar-refractivity contribution in [3.05, 3.63) is 27.9 Å². The Morgan fingerprint density at radius 1 is 1.33 bits per heavy atom. The molecule has 1 saturated carbocycles. The molecular weight excluding hydrogens is 276 g/mol. The zero-order chi connectivity index (χ0) is 15.4. The minimum Gasteiger partial charge on any atom is -0.469 e. The minimum atomic E-state index is -0.646. The summed E-state index contributed by atoms with van der Waals surface area (Å²) in [6.45, 7) is 2.18. The largest absolute Gasteiger partial charge is 0.469 e. The molecule has 7 heteroatoms.